The Morgan fingerprint density at radius 1 is 1.26 bits per heavy atom. The third kappa shape index (κ3) is 3.51. The molecule has 1 aliphatic rings. The number of nitrogens with one attached hydrogen (secondary N) is 1. The minimum Gasteiger partial charge on any atom is -0.425 e. The first-order valence-corrected chi connectivity index (χ1v) is 10.4. The van der Waals surface area contributed by atoms with Gasteiger partial charge in [-0.25, -0.2) is 9.67 Å². The van der Waals surface area contributed by atoms with E-state index in [1.54, 1.807) is 13.8 Å². The zero-order chi connectivity index (χ0) is 24.2. The van der Waals surface area contributed by atoms with Crippen molar-refractivity contribution >= 4 is 11.0 Å². The molecule has 10 nitrogen and oxygen atoms in total. The van der Waals surface area contributed by atoms with Gasteiger partial charge in [0, 0.05) is 25.0 Å². The number of pyridine rings is 1. The van der Waals surface area contributed by atoms with Crippen LogP contribution >= 0.6 is 0 Å². The molecular weight excluding hydrogens is 453 g/mol. The Kier molecular flexibility index (Phi) is 4.96. The van der Waals surface area contributed by atoms with Gasteiger partial charge in [-0.1, -0.05) is 6.07 Å². The summed E-state index contributed by atoms with van der Waals surface area (Å²) in [6.07, 6.45) is -1.95. The molecule has 3 atom stereocenters. The Bertz CT molecular complexity index is 1480. The van der Waals surface area contributed by atoms with Gasteiger partial charge in [0.15, 0.2) is 11.3 Å². The van der Waals surface area contributed by atoms with Gasteiger partial charge in [-0.05, 0) is 31.4 Å². The van der Waals surface area contributed by atoms with E-state index in [1.807, 2.05) is 6.07 Å². The van der Waals surface area contributed by atoms with Crippen molar-refractivity contribution in [1.29, 1.82) is 5.26 Å². The van der Waals surface area contributed by atoms with Gasteiger partial charge in [-0.3, -0.25) is 9.78 Å². The second kappa shape index (κ2) is 7.75. The number of aromatic amines is 1. The number of H-pyrrole nitrogens is 1. The van der Waals surface area contributed by atoms with Crippen LogP contribution in [0, 0.1) is 18.3 Å². The van der Waals surface area contributed by atoms with Gasteiger partial charge in [0.1, 0.15) is 23.0 Å². The number of alkyl halides is 3. The number of nitrogens with zero attached hydrogens (tertiary/aromatic N) is 7. The molecule has 174 valence electrons. The van der Waals surface area contributed by atoms with Gasteiger partial charge in [0.05, 0.1) is 6.04 Å². The quantitative estimate of drug-likeness (QED) is 0.479. The summed E-state index contributed by atoms with van der Waals surface area (Å²) in [5.74, 6) is 1.02. The van der Waals surface area contributed by atoms with Crippen LogP contribution in [0.15, 0.2) is 27.5 Å². The molecule has 4 heterocycles. The predicted molar refractivity (Wildman–Crippen MR) is 110 cm³/mol. The van der Waals surface area contributed by atoms with Crippen LogP contribution in [-0.2, 0) is 6.18 Å². The van der Waals surface area contributed by atoms with Crippen LogP contribution in [0.1, 0.15) is 72.2 Å². The molecule has 4 aromatic heterocycles. The Hall–Kier alpha value is -4.08. The van der Waals surface area contributed by atoms with E-state index in [1.165, 1.54) is 10.7 Å². The maximum atomic E-state index is 12.9. The van der Waals surface area contributed by atoms with Crippen LogP contribution in [-0.4, -0.2) is 34.9 Å². The molecule has 4 aromatic rings. The maximum Gasteiger partial charge on any atom is 0.433 e. The second-order valence-corrected chi connectivity index (χ2v) is 8.15. The molecule has 1 fully saturated rings. The average Bonchev–Trinajstić information content (AvgIpc) is 3.35. The van der Waals surface area contributed by atoms with Crippen LogP contribution in [0.25, 0.3) is 11.0 Å². The number of halogens is 3. The Labute approximate surface area is 189 Å². The van der Waals surface area contributed by atoms with Crippen LogP contribution in [0.2, 0.25) is 0 Å². The Morgan fingerprint density at radius 3 is 2.59 bits per heavy atom. The highest BCUT2D eigenvalue weighted by Gasteiger charge is 2.39. The molecule has 1 N–H and O–H groups in total. The Morgan fingerprint density at radius 2 is 2.03 bits per heavy atom. The number of hydrogen-bond acceptors (Lipinski definition) is 8. The van der Waals surface area contributed by atoms with Gasteiger partial charge >= 0.3 is 6.18 Å². The molecule has 34 heavy (non-hydrogen) atoms. The molecule has 1 aliphatic carbocycles. The lowest BCUT2D eigenvalue weighted by Gasteiger charge is -2.32. The van der Waals surface area contributed by atoms with E-state index >= 15 is 0 Å². The summed E-state index contributed by atoms with van der Waals surface area (Å²) < 4.78 is 45.5. The lowest BCUT2D eigenvalue weighted by molar-refractivity contribution is -0.141. The standard InChI is InChI=1S/C21H17F3N8O2/c1-9(11-3-6-15(26-8-11)21(22,23)24)32-18-16(14(7-25)31-32)19(33)28-17(27-18)12-4-5-13(12)20-30-29-10(2)34-20/h3,6,8-9,12-13H,4-5H2,1-2H3,(H,27,28,33)/t9-,12+,13-/m1/s1. The number of hydrogen-bond donors (Lipinski definition) is 1. The second-order valence-electron chi connectivity index (χ2n) is 8.15. The molecule has 1 saturated carbocycles. The van der Waals surface area contributed by atoms with Crippen LogP contribution < -0.4 is 5.56 Å². The van der Waals surface area contributed by atoms with Crippen molar-refractivity contribution in [2.24, 2.45) is 0 Å². The van der Waals surface area contributed by atoms with Crippen LogP contribution in [0.5, 0.6) is 0 Å². The highest BCUT2D eigenvalue weighted by molar-refractivity contribution is 5.80. The topological polar surface area (TPSA) is 139 Å². The normalized spacial score (nSPS) is 19.1. The van der Waals surface area contributed by atoms with Gasteiger partial charge in [0.25, 0.3) is 5.56 Å². The molecule has 13 heteroatoms. The van der Waals surface area contributed by atoms with Crippen molar-refractivity contribution in [2.45, 2.75) is 50.7 Å². The summed E-state index contributed by atoms with van der Waals surface area (Å²) in [5, 5.41) is 21.7. The van der Waals surface area contributed by atoms with E-state index in [0.29, 0.717) is 23.2 Å². The summed E-state index contributed by atoms with van der Waals surface area (Å²) in [6, 6.07) is 3.41. The van der Waals surface area contributed by atoms with Crippen molar-refractivity contribution in [1.82, 2.24) is 34.9 Å². The van der Waals surface area contributed by atoms with Gasteiger partial charge < -0.3 is 9.40 Å². The third-order valence-corrected chi connectivity index (χ3v) is 6.10. The predicted octanol–water partition coefficient (Wildman–Crippen LogP) is 3.37. The monoisotopic (exact) mass is 470 g/mol. The van der Waals surface area contributed by atoms with Gasteiger partial charge in [0.2, 0.25) is 11.8 Å². The first kappa shape index (κ1) is 21.7. The number of nitriles is 1. The zero-order valence-corrected chi connectivity index (χ0v) is 18.0. The lowest BCUT2D eigenvalue weighted by Crippen LogP contribution is -2.27. The number of aryl methyl sites for hydroxylation is 1. The first-order chi connectivity index (χ1) is 16.2. The fourth-order valence-corrected chi connectivity index (χ4v) is 4.13. The smallest absolute Gasteiger partial charge is 0.425 e. The summed E-state index contributed by atoms with van der Waals surface area (Å²) in [6.45, 7) is 3.36. The van der Waals surface area contributed by atoms with E-state index in [-0.39, 0.29) is 28.6 Å². The van der Waals surface area contributed by atoms with Crippen LogP contribution in [0.4, 0.5) is 13.2 Å². The van der Waals surface area contributed by atoms with E-state index in [9.17, 15) is 23.2 Å². The third-order valence-electron chi connectivity index (χ3n) is 6.10. The van der Waals surface area contributed by atoms with E-state index in [0.717, 1.165) is 25.1 Å². The minimum atomic E-state index is -4.56. The highest BCUT2D eigenvalue weighted by Crippen LogP contribution is 2.47. The molecule has 0 aromatic carbocycles. The number of aromatic nitrogens is 7. The number of fused-ring (bicyclic) bond motifs is 1. The van der Waals surface area contributed by atoms with Crippen molar-refractivity contribution in [2.75, 3.05) is 0 Å². The molecular formula is C21H17F3N8O2. The molecule has 0 unspecified atom stereocenters. The van der Waals surface area contributed by atoms with Crippen LogP contribution in [0.3, 0.4) is 0 Å². The van der Waals surface area contributed by atoms with Crippen molar-refractivity contribution < 1.29 is 17.6 Å². The maximum absolute atomic E-state index is 12.9. The summed E-state index contributed by atoms with van der Waals surface area (Å²) >= 11 is 0. The van der Waals surface area contributed by atoms with Gasteiger partial charge in [-0.15, -0.1) is 10.2 Å². The first-order valence-electron chi connectivity index (χ1n) is 10.4. The Balaban J connectivity index is 1.57. The van der Waals surface area contributed by atoms with Crippen molar-refractivity contribution in [3.63, 3.8) is 0 Å². The summed E-state index contributed by atoms with van der Waals surface area (Å²) in [7, 11) is 0. The van der Waals surface area contributed by atoms with E-state index in [2.05, 4.69) is 30.2 Å². The molecule has 0 bridgehead atoms. The van der Waals surface area contributed by atoms with Crippen molar-refractivity contribution in [3.8, 4) is 6.07 Å². The molecule has 0 aliphatic heterocycles. The lowest BCUT2D eigenvalue weighted by atomic mass is 9.73. The zero-order valence-electron chi connectivity index (χ0n) is 18.0. The fourth-order valence-electron chi connectivity index (χ4n) is 4.13. The summed E-state index contributed by atoms with van der Waals surface area (Å²) in [4.78, 5) is 23.8. The minimum absolute atomic E-state index is 0.0162. The largest absolute Gasteiger partial charge is 0.433 e. The molecule has 0 saturated heterocycles. The average molecular weight is 470 g/mol. The van der Waals surface area contributed by atoms with Crippen molar-refractivity contribution in [3.05, 3.63) is 63.2 Å². The highest BCUT2D eigenvalue weighted by atomic mass is 19.4. The molecule has 0 radical (unpaired) electrons. The van der Waals surface area contributed by atoms with Gasteiger partial charge in [-0.2, -0.15) is 23.5 Å². The fraction of sp³-hybridized carbons (Fsp3) is 0.381. The van der Waals surface area contributed by atoms with E-state index in [4.69, 9.17) is 4.42 Å². The molecule has 5 rings (SSSR count). The molecule has 0 amide bonds. The number of rotatable bonds is 4. The molecule has 0 spiro atoms. The summed E-state index contributed by atoms with van der Waals surface area (Å²) in [5.41, 5.74) is -1.09. The SMILES string of the molecule is Cc1nnc([C@@H]2CC[C@@H]2c2nc3c(c(C#N)nn3[C@H](C)c3ccc(C(F)(F)F)nc3)c(=O)[nH]2)o1. The van der Waals surface area contributed by atoms with E-state index < -0.39 is 23.5 Å².